The highest BCUT2D eigenvalue weighted by molar-refractivity contribution is 6.34. The second kappa shape index (κ2) is 6.90. The van der Waals surface area contributed by atoms with E-state index < -0.39 is 16.4 Å². The Balaban J connectivity index is 3.12. The van der Waals surface area contributed by atoms with E-state index in [2.05, 4.69) is 5.32 Å². The number of carbonyl (C=O) groups excluding carboxylic acids is 1. The highest BCUT2D eigenvalue weighted by atomic mass is 35.5. The number of benzene rings is 1. The summed E-state index contributed by atoms with van der Waals surface area (Å²) in [6.07, 6.45) is 1.22. The topological polar surface area (TPSA) is 72.2 Å². The number of hydrogen-bond acceptors (Lipinski definition) is 3. The third-order valence-electron chi connectivity index (χ3n) is 3.26. The molecular weight excluding hydrogens is 303 g/mol. The van der Waals surface area contributed by atoms with Crippen LogP contribution in [-0.2, 0) is 0 Å². The number of nitro benzene ring substituents is 1. The SMILES string of the molecule is CCC(C)(CCCl)NC(=O)c1c(Cl)cccc1[N+](=O)[O-]. The highest BCUT2D eigenvalue weighted by Crippen LogP contribution is 2.27. The van der Waals surface area contributed by atoms with Gasteiger partial charge in [0.25, 0.3) is 11.6 Å². The second-order valence-electron chi connectivity index (χ2n) is 4.70. The van der Waals surface area contributed by atoms with Crippen LogP contribution >= 0.6 is 23.2 Å². The van der Waals surface area contributed by atoms with Gasteiger partial charge in [0.2, 0.25) is 0 Å². The zero-order valence-electron chi connectivity index (χ0n) is 11.3. The molecule has 5 nitrogen and oxygen atoms in total. The maximum absolute atomic E-state index is 12.3. The van der Waals surface area contributed by atoms with Crippen LogP contribution in [0.2, 0.25) is 5.02 Å². The Morgan fingerprint density at radius 1 is 1.50 bits per heavy atom. The molecule has 0 aliphatic heterocycles. The van der Waals surface area contributed by atoms with Crippen LogP contribution in [-0.4, -0.2) is 22.2 Å². The smallest absolute Gasteiger partial charge is 0.283 e. The second-order valence-corrected chi connectivity index (χ2v) is 5.48. The van der Waals surface area contributed by atoms with Crippen molar-refractivity contribution >= 4 is 34.8 Å². The van der Waals surface area contributed by atoms with E-state index in [4.69, 9.17) is 23.2 Å². The van der Waals surface area contributed by atoms with Crippen LogP contribution in [0.1, 0.15) is 37.0 Å². The molecule has 0 bridgehead atoms. The van der Waals surface area contributed by atoms with E-state index in [9.17, 15) is 14.9 Å². The van der Waals surface area contributed by atoms with Crippen molar-refractivity contribution in [1.29, 1.82) is 0 Å². The fourth-order valence-corrected chi connectivity index (χ4v) is 2.43. The van der Waals surface area contributed by atoms with Gasteiger partial charge in [-0.1, -0.05) is 24.6 Å². The first-order valence-corrected chi connectivity index (χ1v) is 7.07. The third kappa shape index (κ3) is 3.84. The van der Waals surface area contributed by atoms with Gasteiger partial charge in [-0.25, -0.2) is 0 Å². The van der Waals surface area contributed by atoms with E-state index in [0.717, 1.165) is 0 Å². The van der Waals surface area contributed by atoms with E-state index in [-0.39, 0.29) is 16.3 Å². The zero-order chi connectivity index (χ0) is 15.3. The number of alkyl halides is 1. The average Bonchev–Trinajstić information content (AvgIpc) is 2.38. The lowest BCUT2D eigenvalue weighted by atomic mass is 9.95. The number of nitrogens with zero attached hydrogens (tertiary/aromatic N) is 1. The van der Waals surface area contributed by atoms with E-state index in [1.54, 1.807) is 0 Å². The van der Waals surface area contributed by atoms with Crippen LogP contribution in [0, 0.1) is 10.1 Å². The van der Waals surface area contributed by atoms with Gasteiger partial charge in [0.05, 0.1) is 9.95 Å². The number of carbonyl (C=O) groups is 1. The number of nitro groups is 1. The molecule has 0 heterocycles. The summed E-state index contributed by atoms with van der Waals surface area (Å²) in [6.45, 7) is 3.75. The molecule has 1 N–H and O–H groups in total. The largest absolute Gasteiger partial charge is 0.347 e. The Labute approximate surface area is 127 Å². The summed E-state index contributed by atoms with van der Waals surface area (Å²) in [4.78, 5) is 22.7. The summed E-state index contributed by atoms with van der Waals surface area (Å²) in [5.41, 5.74) is -0.945. The lowest BCUT2D eigenvalue weighted by molar-refractivity contribution is -0.385. The Kier molecular flexibility index (Phi) is 5.77. The van der Waals surface area contributed by atoms with Crippen LogP contribution in [0.5, 0.6) is 0 Å². The molecule has 0 saturated carbocycles. The molecule has 7 heteroatoms. The van der Waals surface area contributed by atoms with Crippen LogP contribution in [0.25, 0.3) is 0 Å². The van der Waals surface area contributed by atoms with Crippen LogP contribution in [0.15, 0.2) is 18.2 Å². The average molecular weight is 319 g/mol. The van der Waals surface area contributed by atoms with E-state index in [1.807, 2.05) is 13.8 Å². The molecule has 0 fully saturated rings. The number of nitrogens with one attached hydrogen (secondary N) is 1. The van der Waals surface area contributed by atoms with Gasteiger partial charge in [0.15, 0.2) is 0 Å². The van der Waals surface area contributed by atoms with Gasteiger partial charge >= 0.3 is 0 Å². The maximum atomic E-state index is 12.3. The summed E-state index contributed by atoms with van der Waals surface area (Å²) in [7, 11) is 0. The predicted molar refractivity (Wildman–Crippen MR) is 79.6 cm³/mol. The van der Waals surface area contributed by atoms with Gasteiger partial charge in [-0.2, -0.15) is 0 Å². The Bertz CT molecular complexity index is 522. The molecule has 0 aromatic heterocycles. The number of hydrogen-bond donors (Lipinski definition) is 1. The normalized spacial score (nSPS) is 13.6. The standard InChI is InChI=1S/C13H16Cl2N2O3/c1-3-13(2,7-8-14)16-12(18)11-9(15)5-4-6-10(11)17(19)20/h4-6H,3,7-8H2,1-2H3,(H,16,18). The fraction of sp³-hybridized carbons (Fsp3) is 0.462. The molecule has 1 unspecified atom stereocenters. The van der Waals surface area contributed by atoms with Gasteiger partial charge in [-0.15, -0.1) is 11.6 Å². The first-order chi connectivity index (χ1) is 9.34. The van der Waals surface area contributed by atoms with Crippen molar-refractivity contribution in [2.45, 2.75) is 32.2 Å². The van der Waals surface area contributed by atoms with Gasteiger partial charge in [0.1, 0.15) is 5.56 Å². The lowest BCUT2D eigenvalue weighted by Gasteiger charge is -2.29. The summed E-state index contributed by atoms with van der Waals surface area (Å²) in [5, 5.41) is 13.8. The summed E-state index contributed by atoms with van der Waals surface area (Å²) in [6, 6.07) is 4.15. The molecule has 1 amide bonds. The van der Waals surface area contributed by atoms with Crippen LogP contribution in [0.3, 0.4) is 0 Å². The predicted octanol–water partition coefficient (Wildman–Crippen LogP) is 3.78. The minimum atomic E-state index is -0.619. The Morgan fingerprint density at radius 2 is 2.15 bits per heavy atom. The third-order valence-corrected chi connectivity index (χ3v) is 3.76. The fourth-order valence-electron chi connectivity index (χ4n) is 1.76. The van der Waals surface area contributed by atoms with Crippen molar-refractivity contribution in [3.63, 3.8) is 0 Å². The minimum absolute atomic E-state index is 0.0565. The van der Waals surface area contributed by atoms with Gasteiger partial charge in [-0.05, 0) is 25.8 Å². The van der Waals surface area contributed by atoms with Crippen molar-refractivity contribution in [2.24, 2.45) is 0 Å². The Hall–Kier alpha value is -1.33. The van der Waals surface area contributed by atoms with Crippen molar-refractivity contribution < 1.29 is 9.72 Å². The van der Waals surface area contributed by atoms with E-state index >= 15 is 0 Å². The van der Waals surface area contributed by atoms with Gasteiger partial charge in [0, 0.05) is 17.5 Å². The van der Waals surface area contributed by atoms with Gasteiger partial charge < -0.3 is 5.32 Å². The number of amides is 1. The lowest BCUT2D eigenvalue weighted by Crippen LogP contribution is -2.46. The van der Waals surface area contributed by atoms with E-state index in [0.29, 0.717) is 18.7 Å². The summed E-state index contributed by atoms with van der Waals surface area (Å²) < 4.78 is 0. The zero-order valence-corrected chi connectivity index (χ0v) is 12.8. The molecule has 0 spiro atoms. The van der Waals surface area contributed by atoms with Crippen LogP contribution in [0.4, 0.5) is 5.69 Å². The molecule has 0 saturated heterocycles. The van der Waals surface area contributed by atoms with Crippen molar-refractivity contribution in [3.05, 3.63) is 38.9 Å². The molecule has 0 aliphatic rings. The van der Waals surface area contributed by atoms with Crippen molar-refractivity contribution in [2.75, 3.05) is 5.88 Å². The maximum Gasteiger partial charge on any atom is 0.283 e. The van der Waals surface area contributed by atoms with Crippen molar-refractivity contribution in [3.8, 4) is 0 Å². The Morgan fingerprint density at radius 3 is 2.65 bits per heavy atom. The van der Waals surface area contributed by atoms with Crippen molar-refractivity contribution in [1.82, 2.24) is 5.32 Å². The molecule has 0 radical (unpaired) electrons. The molecule has 1 aromatic rings. The molecule has 1 atom stereocenters. The quantitative estimate of drug-likeness (QED) is 0.493. The molecule has 0 aliphatic carbocycles. The molecule has 110 valence electrons. The molecule has 20 heavy (non-hydrogen) atoms. The van der Waals surface area contributed by atoms with E-state index in [1.165, 1.54) is 18.2 Å². The monoisotopic (exact) mass is 318 g/mol. The molecule has 1 rings (SSSR count). The summed E-state index contributed by atoms with van der Waals surface area (Å²) >= 11 is 11.6. The minimum Gasteiger partial charge on any atom is -0.347 e. The van der Waals surface area contributed by atoms with Crippen LogP contribution < -0.4 is 5.32 Å². The van der Waals surface area contributed by atoms with Gasteiger partial charge in [-0.3, -0.25) is 14.9 Å². The highest BCUT2D eigenvalue weighted by Gasteiger charge is 2.29. The molecule has 1 aromatic carbocycles. The first-order valence-electron chi connectivity index (χ1n) is 6.16. The first kappa shape index (κ1) is 16.7. The molecular formula is C13H16Cl2N2O3. The number of halogens is 2. The number of rotatable bonds is 6. The summed E-state index contributed by atoms with van der Waals surface area (Å²) in [5.74, 6) is -0.174.